The number of rotatable bonds is 2. The summed E-state index contributed by atoms with van der Waals surface area (Å²) in [6.07, 6.45) is 0.778. The van der Waals surface area contributed by atoms with Gasteiger partial charge in [-0.2, -0.15) is 0 Å². The zero-order chi connectivity index (χ0) is 6.83. The molecule has 2 N–H and O–H groups in total. The van der Waals surface area contributed by atoms with E-state index in [1.165, 1.54) is 0 Å². The third-order valence-electron chi connectivity index (χ3n) is 0.111. The van der Waals surface area contributed by atoms with Crippen molar-refractivity contribution in [1.29, 1.82) is 0 Å². The molecule has 0 fully saturated rings. The van der Waals surface area contributed by atoms with Gasteiger partial charge in [-0.3, -0.25) is 19.2 Å². The highest BCUT2D eigenvalue weighted by Gasteiger charge is 1.47. The molecule has 0 aliphatic carbocycles. The summed E-state index contributed by atoms with van der Waals surface area (Å²) >= 11 is 0. The van der Waals surface area contributed by atoms with Gasteiger partial charge in [-0.25, -0.2) is 0 Å². The first-order chi connectivity index (χ1) is 3.83. The summed E-state index contributed by atoms with van der Waals surface area (Å²) in [7, 11) is 0. The van der Waals surface area contributed by atoms with Crippen molar-refractivity contribution in [2.45, 2.75) is 0 Å². The second-order valence-electron chi connectivity index (χ2n) is 0.544. The van der Waals surface area contributed by atoms with Crippen molar-refractivity contribution in [2.24, 2.45) is 0 Å². The molecule has 0 bridgehead atoms. The van der Waals surface area contributed by atoms with Gasteiger partial charge in [0.05, 0.1) is 0 Å². The Balaban J connectivity index is -0.0000000720. The fraction of sp³-hybridized carbons (Fsp3) is 0. The van der Waals surface area contributed by atoms with E-state index in [-0.39, 0.29) is 30.6 Å². The molecule has 0 aromatic rings. The zero-order valence-electron chi connectivity index (χ0n) is 4.44. The second kappa shape index (κ2) is 30.3. The van der Waals surface area contributed by atoms with Crippen LogP contribution in [0.25, 0.3) is 0 Å². The summed E-state index contributed by atoms with van der Waals surface area (Å²) < 4.78 is 0. The van der Waals surface area contributed by atoms with E-state index in [1.54, 1.807) is 0 Å². The summed E-state index contributed by atoms with van der Waals surface area (Å²) in [6.45, 7) is 0. The van der Waals surface area contributed by atoms with Crippen LogP contribution in [0.1, 0.15) is 0 Å². The lowest BCUT2D eigenvalue weighted by atomic mass is 10.9. The Hall–Kier alpha value is -1.36. The lowest BCUT2D eigenvalue weighted by Crippen LogP contribution is -1.62. The van der Waals surface area contributed by atoms with Gasteiger partial charge in [0.1, 0.15) is 0 Å². The monoisotopic (exact) mass is 134 g/mol. The highest BCUT2D eigenvalue weighted by atomic mass is 16.2. The van der Waals surface area contributed by atoms with E-state index in [0.717, 1.165) is 0 Å². The molecule has 0 saturated carbocycles. The number of hydrogen-bond acceptors (Lipinski definition) is 4. The smallest absolute Gasteiger partial charge is 0.182 e. The van der Waals surface area contributed by atoms with Gasteiger partial charge in [-0.1, -0.05) is 0 Å². The van der Waals surface area contributed by atoms with E-state index >= 15 is 0 Å². The third kappa shape index (κ3) is 349. The Morgan fingerprint density at radius 3 is 0.667 bits per heavy atom. The largest absolute Gasteiger partial charge is 0.412 e. The standard InChI is InChI=1S/2C2H2O2.H2O/c2*3-1-2-4;/h2*1-2H;1H2. The minimum Gasteiger partial charge on any atom is -0.412 e. The van der Waals surface area contributed by atoms with E-state index < -0.39 is 0 Å². The molecule has 0 radical (unpaired) electrons. The molecule has 0 aliphatic heterocycles. The number of hydrogen-bond donors (Lipinski definition) is 0. The summed E-state index contributed by atoms with van der Waals surface area (Å²) in [4.78, 5) is 35.2. The normalized spacial score (nSPS) is 4.44. The predicted octanol–water partition coefficient (Wildman–Crippen LogP) is -2.06. The maximum Gasteiger partial charge on any atom is 0.182 e. The number of aldehydes is 4. The molecular weight excluding hydrogens is 128 g/mol. The summed E-state index contributed by atoms with van der Waals surface area (Å²) in [6, 6.07) is 0. The van der Waals surface area contributed by atoms with Crippen molar-refractivity contribution >= 4 is 25.1 Å². The van der Waals surface area contributed by atoms with Gasteiger partial charge in [0.25, 0.3) is 0 Å². The lowest BCUT2D eigenvalue weighted by molar-refractivity contribution is -0.122. The van der Waals surface area contributed by atoms with E-state index in [4.69, 9.17) is 19.2 Å². The van der Waals surface area contributed by atoms with Crippen LogP contribution >= 0.6 is 0 Å². The Labute approximate surface area is 51.0 Å². The fourth-order valence-corrected chi connectivity index (χ4v) is 0. The molecule has 0 atom stereocenters. The molecule has 52 valence electrons. The highest BCUT2D eigenvalue weighted by molar-refractivity contribution is 6.09. The summed E-state index contributed by atoms with van der Waals surface area (Å²) in [5.41, 5.74) is 0. The molecule has 0 rings (SSSR count). The summed E-state index contributed by atoms with van der Waals surface area (Å²) in [5, 5.41) is 0. The van der Waals surface area contributed by atoms with Crippen molar-refractivity contribution in [3.05, 3.63) is 0 Å². The van der Waals surface area contributed by atoms with Crippen LogP contribution in [0.3, 0.4) is 0 Å². The van der Waals surface area contributed by atoms with Crippen molar-refractivity contribution < 1.29 is 24.7 Å². The maximum atomic E-state index is 8.81. The molecule has 9 heavy (non-hydrogen) atoms. The molecule has 0 aromatic carbocycles. The quantitative estimate of drug-likeness (QED) is 0.320. The molecule has 0 amide bonds. The van der Waals surface area contributed by atoms with Gasteiger partial charge in [0.2, 0.25) is 0 Å². The minimum atomic E-state index is 0. The maximum absolute atomic E-state index is 8.81. The molecule has 0 saturated heterocycles. The van der Waals surface area contributed by atoms with E-state index in [2.05, 4.69) is 0 Å². The van der Waals surface area contributed by atoms with Gasteiger partial charge < -0.3 is 5.48 Å². The van der Waals surface area contributed by atoms with Crippen LogP contribution in [0.15, 0.2) is 0 Å². The van der Waals surface area contributed by atoms with E-state index in [0.29, 0.717) is 0 Å². The van der Waals surface area contributed by atoms with Crippen LogP contribution in [-0.2, 0) is 19.2 Å². The molecule has 0 spiro atoms. The van der Waals surface area contributed by atoms with Crippen LogP contribution < -0.4 is 0 Å². The molecular formula is C4H6O5. The van der Waals surface area contributed by atoms with Gasteiger partial charge >= 0.3 is 0 Å². The average molecular weight is 134 g/mol. The first-order valence-corrected chi connectivity index (χ1v) is 1.61. The third-order valence-corrected chi connectivity index (χ3v) is 0.111. The van der Waals surface area contributed by atoms with Crippen LogP contribution in [0.5, 0.6) is 0 Å². The minimum absolute atomic E-state index is 0. The second-order valence-corrected chi connectivity index (χ2v) is 0.544. The van der Waals surface area contributed by atoms with Crippen molar-refractivity contribution in [1.82, 2.24) is 0 Å². The van der Waals surface area contributed by atoms with Gasteiger partial charge in [-0.15, -0.1) is 0 Å². The molecule has 0 aromatic heterocycles. The fourth-order valence-electron chi connectivity index (χ4n) is 0. The van der Waals surface area contributed by atoms with Crippen molar-refractivity contribution in [2.75, 3.05) is 0 Å². The topological polar surface area (TPSA) is 99.8 Å². The van der Waals surface area contributed by atoms with Crippen LogP contribution in [-0.4, -0.2) is 30.6 Å². The molecule has 0 unspecified atom stereocenters. The Bertz CT molecular complexity index is 63.0. The highest BCUT2D eigenvalue weighted by Crippen LogP contribution is 1.12. The van der Waals surface area contributed by atoms with Crippen LogP contribution in [0.2, 0.25) is 0 Å². The van der Waals surface area contributed by atoms with Gasteiger partial charge in [0.15, 0.2) is 25.1 Å². The lowest BCUT2D eigenvalue weighted by Gasteiger charge is -1.31. The zero-order valence-corrected chi connectivity index (χ0v) is 4.44. The molecule has 0 aliphatic rings. The molecule has 5 nitrogen and oxygen atoms in total. The Morgan fingerprint density at radius 1 is 0.556 bits per heavy atom. The molecule has 5 heteroatoms. The van der Waals surface area contributed by atoms with E-state index in [1.807, 2.05) is 0 Å². The number of carbonyl (C=O) groups is 4. The van der Waals surface area contributed by atoms with Gasteiger partial charge in [-0.05, 0) is 0 Å². The van der Waals surface area contributed by atoms with Crippen molar-refractivity contribution in [3.63, 3.8) is 0 Å². The van der Waals surface area contributed by atoms with E-state index in [9.17, 15) is 0 Å². The van der Waals surface area contributed by atoms with Crippen LogP contribution in [0.4, 0.5) is 0 Å². The SMILES string of the molecule is O.O=CC=O.O=CC=O. The predicted molar refractivity (Wildman–Crippen MR) is 27.9 cm³/mol. The van der Waals surface area contributed by atoms with Crippen molar-refractivity contribution in [3.8, 4) is 0 Å². The Kier molecular flexibility index (Phi) is 52.7. The number of carbonyl (C=O) groups excluding carboxylic acids is 4. The van der Waals surface area contributed by atoms with Crippen LogP contribution in [0, 0.1) is 0 Å². The first kappa shape index (κ1) is 15.6. The average Bonchev–Trinajstić information content (AvgIpc) is 1.88. The summed E-state index contributed by atoms with van der Waals surface area (Å²) in [5.74, 6) is 0. The Morgan fingerprint density at radius 2 is 0.667 bits per heavy atom. The van der Waals surface area contributed by atoms with Gasteiger partial charge in [0, 0.05) is 0 Å². The molecule has 0 heterocycles. The first-order valence-electron chi connectivity index (χ1n) is 1.61.